The second-order valence-corrected chi connectivity index (χ2v) is 10.9. The molecule has 0 fully saturated rings. The van der Waals surface area contributed by atoms with E-state index >= 15 is 0 Å². The van der Waals surface area contributed by atoms with Crippen LogP contribution in [0, 0.1) is 0 Å². The zero-order valence-corrected chi connectivity index (χ0v) is 23.2. The Hall–Kier alpha value is -5.80. The average Bonchev–Trinajstić information content (AvgIpc) is 3.48. The van der Waals surface area contributed by atoms with Crippen molar-refractivity contribution in [3.05, 3.63) is 146 Å². The van der Waals surface area contributed by atoms with Crippen LogP contribution >= 0.6 is 0 Å². The molecule has 0 bridgehead atoms. The van der Waals surface area contributed by atoms with E-state index in [4.69, 9.17) is 14.4 Å². The van der Waals surface area contributed by atoms with Crippen molar-refractivity contribution >= 4 is 54.4 Å². The number of hydrogen-bond donors (Lipinski definition) is 0. The van der Waals surface area contributed by atoms with Crippen LogP contribution in [0.4, 0.5) is 0 Å². The highest BCUT2D eigenvalue weighted by Crippen LogP contribution is 2.44. The van der Waals surface area contributed by atoms with Gasteiger partial charge in [0.05, 0.1) is 11.1 Å². The van der Waals surface area contributed by atoms with Gasteiger partial charge in [-0.1, -0.05) is 140 Å². The maximum absolute atomic E-state index is 6.77. The molecule has 3 heteroatoms. The first-order chi connectivity index (χ1) is 21.3. The normalized spacial score (nSPS) is 11.7. The van der Waals surface area contributed by atoms with E-state index in [1.165, 1.54) is 16.2 Å². The highest BCUT2D eigenvalue weighted by Gasteiger charge is 2.23. The van der Waals surface area contributed by atoms with Crippen molar-refractivity contribution in [1.29, 1.82) is 0 Å². The van der Waals surface area contributed by atoms with Crippen LogP contribution in [0.25, 0.3) is 88.2 Å². The Labute approximate surface area is 247 Å². The molecule has 3 nitrogen and oxygen atoms in total. The van der Waals surface area contributed by atoms with Crippen LogP contribution in [0.5, 0.6) is 0 Å². The number of aromatic nitrogens is 2. The van der Waals surface area contributed by atoms with Crippen LogP contribution in [-0.4, -0.2) is 9.97 Å². The van der Waals surface area contributed by atoms with E-state index in [1.807, 2.05) is 6.07 Å². The van der Waals surface area contributed by atoms with Crippen LogP contribution in [0.1, 0.15) is 0 Å². The highest BCUT2D eigenvalue weighted by atomic mass is 16.3. The van der Waals surface area contributed by atoms with Gasteiger partial charge < -0.3 is 4.42 Å². The van der Waals surface area contributed by atoms with Crippen LogP contribution < -0.4 is 0 Å². The number of furan rings is 1. The van der Waals surface area contributed by atoms with Gasteiger partial charge in [-0.15, -0.1) is 0 Å². The SMILES string of the molecule is c1ccc(-c2cccc(-c3nc(-c4cccc5ccccc45)c4c(n3)oc3c5ccccc5c5ccccc5c34)c2)cc1. The Kier molecular flexibility index (Phi) is 5.20. The molecule has 0 saturated heterocycles. The molecular weight excluding hydrogens is 524 g/mol. The molecule has 0 amide bonds. The Bertz CT molecular complexity index is 2500. The fourth-order valence-corrected chi connectivity index (χ4v) is 6.52. The lowest BCUT2D eigenvalue weighted by atomic mass is 9.94. The second-order valence-electron chi connectivity index (χ2n) is 10.9. The van der Waals surface area contributed by atoms with Crippen LogP contribution in [-0.2, 0) is 0 Å². The fourth-order valence-electron chi connectivity index (χ4n) is 6.52. The molecule has 0 aliphatic carbocycles. The summed E-state index contributed by atoms with van der Waals surface area (Å²) in [5, 5.41) is 8.88. The molecule has 9 aromatic rings. The van der Waals surface area contributed by atoms with E-state index in [0.717, 1.165) is 60.5 Å². The third-order valence-corrected chi connectivity index (χ3v) is 8.48. The minimum atomic E-state index is 0.592. The number of hydrogen-bond acceptors (Lipinski definition) is 3. The Morgan fingerprint density at radius 3 is 1.86 bits per heavy atom. The summed E-state index contributed by atoms with van der Waals surface area (Å²) in [4.78, 5) is 10.5. The number of rotatable bonds is 3. The first-order valence-corrected chi connectivity index (χ1v) is 14.5. The maximum atomic E-state index is 6.77. The van der Waals surface area contributed by atoms with Crippen molar-refractivity contribution in [2.75, 3.05) is 0 Å². The van der Waals surface area contributed by atoms with Gasteiger partial charge in [0.25, 0.3) is 0 Å². The van der Waals surface area contributed by atoms with Crippen molar-refractivity contribution in [1.82, 2.24) is 9.97 Å². The van der Waals surface area contributed by atoms with Gasteiger partial charge in [0.15, 0.2) is 5.82 Å². The molecular formula is C40H24N2O. The quantitative estimate of drug-likeness (QED) is 0.206. The van der Waals surface area contributed by atoms with Crippen LogP contribution in [0.3, 0.4) is 0 Å². The monoisotopic (exact) mass is 548 g/mol. The van der Waals surface area contributed by atoms with Gasteiger partial charge in [-0.3, -0.25) is 0 Å². The summed E-state index contributed by atoms with van der Waals surface area (Å²) in [6.45, 7) is 0. The van der Waals surface area contributed by atoms with Crippen molar-refractivity contribution in [3.8, 4) is 33.8 Å². The van der Waals surface area contributed by atoms with Gasteiger partial charge in [-0.2, -0.15) is 4.98 Å². The Balaban J connectivity index is 1.44. The molecule has 7 aromatic carbocycles. The predicted molar refractivity (Wildman–Crippen MR) is 178 cm³/mol. The summed E-state index contributed by atoms with van der Waals surface area (Å²) < 4.78 is 6.77. The second kappa shape index (κ2) is 9.37. The van der Waals surface area contributed by atoms with Crippen LogP contribution in [0.15, 0.2) is 150 Å². The molecule has 43 heavy (non-hydrogen) atoms. The topological polar surface area (TPSA) is 38.9 Å². The molecule has 0 unspecified atom stereocenters. The molecule has 2 heterocycles. The molecule has 0 spiro atoms. The lowest BCUT2D eigenvalue weighted by Gasteiger charge is -2.11. The summed E-state index contributed by atoms with van der Waals surface area (Å²) in [6.07, 6.45) is 0. The van der Waals surface area contributed by atoms with Crippen molar-refractivity contribution < 1.29 is 4.42 Å². The maximum Gasteiger partial charge on any atom is 0.231 e. The highest BCUT2D eigenvalue weighted by molar-refractivity contribution is 6.31. The first kappa shape index (κ1) is 23.9. The Morgan fingerprint density at radius 2 is 1.02 bits per heavy atom. The Morgan fingerprint density at radius 1 is 0.419 bits per heavy atom. The minimum absolute atomic E-state index is 0.592. The predicted octanol–water partition coefficient (Wildman–Crippen LogP) is 10.8. The average molecular weight is 549 g/mol. The van der Waals surface area contributed by atoms with E-state index in [1.54, 1.807) is 0 Å². The molecule has 2 aromatic heterocycles. The number of fused-ring (bicyclic) bond motifs is 9. The van der Waals surface area contributed by atoms with Crippen molar-refractivity contribution in [2.45, 2.75) is 0 Å². The largest absolute Gasteiger partial charge is 0.437 e. The molecule has 0 radical (unpaired) electrons. The number of nitrogens with zero attached hydrogens (tertiary/aromatic N) is 2. The lowest BCUT2D eigenvalue weighted by molar-refractivity contribution is 0.657. The summed E-state index contributed by atoms with van der Waals surface area (Å²) in [5.74, 6) is 0.640. The molecule has 0 aliphatic heterocycles. The van der Waals surface area contributed by atoms with Crippen LogP contribution in [0.2, 0.25) is 0 Å². The minimum Gasteiger partial charge on any atom is -0.437 e. The molecule has 0 saturated carbocycles. The molecule has 9 rings (SSSR count). The number of benzene rings is 7. The van der Waals surface area contributed by atoms with Gasteiger partial charge in [-0.05, 0) is 44.1 Å². The van der Waals surface area contributed by atoms with E-state index in [0.29, 0.717) is 11.5 Å². The van der Waals surface area contributed by atoms with Gasteiger partial charge >= 0.3 is 0 Å². The smallest absolute Gasteiger partial charge is 0.231 e. The van der Waals surface area contributed by atoms with Gasteiger partial charge in [0, 0.05) is 21.9 Å². The van der Waals surface area contributed by atoms with E-state index in [9.17, 15) is 0 Å². The van der Waals surface area contributed by atoms with Crippen molar-refractivity contribution in [3.63, 3.8) is 0 Å². The molecule has 0 atom stereocenters. The zero-order chi connectivity index (χ0) is 28.3. The molecule has 200 valence electrons. The van der Waals surface area contributed by atoms with Crippen molar-refractivity contribution in [2.24, 2.45) is 0 Å². The van der Waals surface area contributed by atoms with Gasteiger partial charge in [0.2, 0.25) is 5.71 Å². The lowest BCUT2D eigenvalue weighted by Crippen LogP contribution is -1.95. The van der Waals surface area contributed by atoms with Gasteiger partial charge in [0.1, 0.15) is 5.58 Å². The van der Waals surface area contributed by atoms with Gasteiger partial charge in [-0.25, -0.2) is 4.98 Å². The first-order valence-electron chi connectivity index (χ1n) is 14.5. The summed E-state index contributed by atoms with van der Waals surface area (Å²) in [7, 11) is 0. The molecule has 0 N–H and O–H groups in total. The summed E-state index contributed by atoms with van der Waals surface area (Å²) in [5.41, 5.74) is 6.59. The fraction of sp³-hybridized carbons (Fsp3) is 0. The van der Waals surface area contributed by atoms with E-state index in [-0.39, 0.29) is 0 Å². The third kappa shape index (κ3) is 3.68. The standard InChI is InChI=1S/C40H24N2O/c1-2-12-25(13-3-1)27-16-10-17-28(24-27)39-41-37(33-23-11-15-26-14-4-5-18-29(26)33)36-35-32-21-8-6-19-30(32)31-20-7-9-22-34(31)38(35)43-40(36)42-39/h1-24H. The zero-order valence-electron chi connectivity index (χ0n) is 23.2. The summed E-state index contributed by atoms with van der Waals surface area (Å²) in [6, 6.07) is 50.8. The summed E-state index contributed by atoms with van der Waals surface area (Å²) >= 11 is 0. The molecule has 0 aliphatic rings. The van der Waals surface area contributed by atoms with E-state index in [2.05, 4.69) is 140 Å². The van der Waals surface area contributed by atoms with E-state index < -0.39 is 0 Å². The third-order valence-electron chi connectivity index (χ3n) is 8.48.